The van der Waals surface area contributed by atoms with Crippen LogP contribution in [0.2, 0.25) is 0 Å². The molecule has 0 atom stereocenters. The fourth-order valence-corrected chi connectivity index (χ4v) is 6.25. The lowest BCUT2D eigenvalue weighted by atomic mass is 9.97. The Balaban J connectivity index is 0.00000168. The molecule has 1 amide bonds. The van der Waals surface area contributed by atoms with E-state index in [9.17, 15) is 13.6 Å². The van der Waals surface area contributed by atoms with Crippen molar-refractivity contribution < 1.29 is 13.6 Å². The van der Waals surface area contributed by atoms with Crippen molar-refractivity contribution in [3.63, 3.8) is 0 Å². The minimum atomic E-state index is -0.662. The summed E-state index contributed by atoms with van der Waals surface area (Å²) in [7, 11) is 0. The summed E-state index contributed by atoms with van der Waals surface area (Å²) >= 11 is 1.49. The summed E-state index contributed by atoms with van der Waals surface area (Å²) in [6, 6.07) is 9.19. The first-order valence-electron chi connectivity index (χ1n) is 12.6. The van der Waals surface area contributed by atoms with Gasteiger partial charge in [0.1, 0.15) is 12.0 Å². The van der Waals surface area contributed by atoms with Crippen LogP contribution >= 0.6 is 36.2 Å². The van der Waals surface area contributed by atoms with Gasteiger partial charge >= 0.3 is 0 Å². The van der Waals surface area contributed by atoms with Crippen molar-refractivity contribution >= 4 is 57.2 Å². The first kappa shape index (κ1) is 28.7. The lowest BCUT2D eigenvalue weighted by Crippen LogP contribution is -2.36. The van der Waals surface area contributed by atoms with E-state index in [0.29, 0.717) is 36.2 Å². The molecule has 0 bridgehead atoms. The predicted molar refractivity (Wildman–Crippen MR) is 153 cm³/mol. The summed E-state index contributed by atoms with van der Waals surface area (Å²) < 4.78 is 31.1. The highest BCUT2D eigenvalue weighted by Crippen LogP contribution is 2.32. The Morgan fingerprint density at radius 1 is 1.16 bits per heavy atom. The molecule has 0 unspecified atom stereocenters. The average molecular weight is 583 g/mol. The van der Waals surface area contributed by atoms with Gasteiger partial charge in [0.05, 0.1) is 15.9 Å². The Morgan fingerprint density at radius 3 is 2.79 bits per heavy atom. The van der Waals surface area contributed by atoms with Gasteiger partial charge in [-0.1, -0.05) is 11.3 Å². The standard InChI is InChI=1S/C27H29F2N5OS.2ClH/c28-20-5-10-33(11-6-20)9-1-7-31-26(35)18-2-3-24-25(14-18)36-27-32-23(16-34(24)27)21-12-19-15-30-8-4-17(19)13-22(21)29;;/h2-3,12-14,16,20,30H,1,4-11,15H2,(H,31,35);2*1H. The number of carbonyl (C=O) groups excluding carboxylic acids is 1. The molecular weight excluding hydrogens is 551 g/mol. The maximum absolute atomic E-state index is 14.9. The van der Waals surface area contributed by atoms with Crippen LogP contribution in [0.25, 0.3) is 26.4 Å². The van der Waals surface area contributed by atoms with Gasteiger partial charge in [-0.05, 0) is 80.2 Å². The van der Waals surface area contributed by atoms with Gasteiger partial charge in [-0.2, -0.15) is 0 Å². The minimum absolute atomic E-state index is 0. The number of amides is 1. The zero-order valence-corrected chi connectivity index (χ0v) is 23.3. The van der Waals surface area contributed by atoms with Crippen LogP contribution in [-0.4, -0.2) is 59.1 Å². The van der Waals surface area contributed by atoms with Gasteiger partial charge < -0.3 is 15.5 Å². The second-order valence-electron chi connectivity index (χ2n) is 9.72. The Hall–Kier alpha value is -2.30. The number of thiazole rings is 1. The van der Waals surface area contributed by atoms with Gasteiger partial charge in [0.15, 0.2) is 4.96 Å². The Morgan fingerprint density at radius 2 is 1.97 bits per heavy atom. The molecule has 2 aromatic carbocycles. The molecule has 0 radical (unpaired) electrons. The molecule has 2 aromatic heterocycles. The van der Waals surface area contributed by atoms with Crippen molar-refractivity contribution in [2.24, 2.45) is 0 Å². The van der Waals surface area contributed by atoms with Gasteiger partial charge in [0.2, 0.25) is 0 Å². The number of nitrogens with zero attached hydrogens (tertiary/aromatic N) is 3. The number of fused-ring (bicyclic) bond motifs is 4. The topological polar surface area (TPSA) is 61.7 Å². The molecule has 4 heterocycles. The molecule has 0 saturated carbocycles. The van der Waals surface area contributed by atoms with Gasteiger partial charge in [-0.3, -0.25) is 9.20 Å². The molecule has 0 spiro atoms. The van der Waals surface area contributed by atoms with Gasteiger partial charge in [-0.15, -0.1) is 24.8 Å². The molecule has 0 aliphatic carbocycles. The highest BCUT2D eigenvalue weighted by molar-refractivity contribution is 7.23. The van der Waals surface area contributed by atoms with Gasteiger partial charge in [0, 0.05) is 43.5 Å². The van der Waals surface area contributed by atoms with Crippen molar-refractivity contribution in [1.82, 2.24) is 24.9 Å². The monoisotopic (exact) mass is 581 g/mol. The zero-order chi connectivity index (χ0) is 24.6. The molecule has 2 aliphatic heterocycles. The van der Waals surface area contributed by atoms with E-state index in [1.54, 1.807) is 6.07 Å². The largest absolute Gasteiger partial charge is 0.352 e. The van der Waals surface area contributed by atoms with E-state index in [0.717, 1.165) is 71.9 Å². The Bertz CT molecular complexity index is 1430. The molecule has 2 N–H and O–H groups in total. The van der Waals surface area contributed by atoms with Crippen LogP contribution in [0, 0.1) is 5.82 Å². The Kier molecular flexibility index (Phi) is 9.26. The molecule has 4 aromatic rings. The average Bonchev–Trinajstić information content (AvgIpc) is 3.44. The van der Waals surface area contributed by atoms with Crippen LogP contribution in [-0.2, 0) is 13.0 Å². The number of rotatable bonds is 6. The smallest absolute Gasteiger partial charge is 0.251 e. The maximum Gasteiger partial charge on any atom is 0.251 e. The fraction of sp³-hybridized carbons (Fsp3) is 0.407. The highest BCUT2D eigenvalue weighted by Gasteiger charge is 2.19. The summed E-state index contributed by atoms with van der Waals surface area (Å²) in [5.74, 6) is -0.340. The number of piperidine rings is 1. The number of hydrogen-bond acceptors (Lipinski definition) is 5. The van der Waals surface area contributed by atoms with E-state index in [2.05, 4.69) is 15.5 Å². The molecule has 6 rings (SSSR count). The fourth-order valence-electron chi connectivity index (χ4n) is 5.20. The maximum atomic E-state index is 14.9. The van der Waals surface area contributed by atoms with E-state index >= 15 is 0 Å². The van der Waals surface area contributed by atoms with Crippen LogP contribution < -0.4 is 10.6 Å². The second kappa shape index (κ2) is 12.3. The number of benzene rings is 2. The summed E-state index contributed by atoms with van der Waals surface area (Å²) in [6.07, 6.45) is 4.11. The van der Waals surface area contributed by atoms with Crippen molar-refractivity contribution in [3.05, 3.63) is 59.0 Å². The van der Waals surface area contributed by atoms with Crippen LogP contribution in [0.15, 0.2) is 36.5 Å². The number of nitrogens with one attached hydrogen (secondary N) is 2. The van der Waals surface area contributed by atoms with Crippen LogP contribution in [0.4, 0.5) is 8.78 Å². The summed E-state index contributed by atoms with van der Waals surface area (Å²) in [6.45, 7) is 4.67. The number of hydrogen-bond donors (Lipinski definition) is 2. The van der Waals surface area contributed by atoms with Crippen molar-refractivity contribution in [2.45, 2.75) is 38.4 Å². The number of likely N-dealkylation sites (tertiary alicyclic amines) is 1. The van der Waals surface area contributed by atoms with Crippen LogP contribution in [0.1, 0.15) is 40.7 Å². The predicted octanol–water partition coefficient (Wildman–Crippen LogP) is 5.40. The van der Waals surface area contributed by atoms with Crippen molar-refractivity contribution in [2.75, 3.05) is 32.7 Å². The third-order valence-electron chi connectivity index (χ3n) is 7.26. The third kappa shape index (κ3) is 5.82. The molecular formula is C27H31Cl2F2N5OS. The molecule has 204 valence electrons. The molecule has 38 heavy (non-hydrogen) atoms. The first-order valence-corrected chi connectivity index (χ1v) is 13.5. The first-order chi connectivity index (χ1) is 17.5. The second-order valence-corrected chi connectivity index (χ2v) is 10.7. The van der Waals surface area contributed by atoms with Crippen molar-refractivity contribution in [3.8, 4) is 11.3 Å². The molecule has 6 nitrogen and oxygen atoms in total. The zero-order valence-electron chi connectivity index (χ0n) is 20.8. The number of aromatic nitrogens is 2. The van der Waals surface area contributed by atoms with E-state index in [1.165, 1.54) is 11.3 Å². The molecule has 1 saturated heterocycles. The van der Waals surface area contributed by atoms with Crippen molar-refractivity contribution in [1.29, 1.82) is 0 Å². The SMILES string of the molecule is Cl.Cl.O=C(NCCCN1CCC(F)CC1)c1ccc2c(c1)sc1nc(-c3cc4c(cc3F)CCNC4)cn12. The van der Waals surface area contributed by atoms with E-state index in [1.807, 2.05) is 34.9 Å². The van der Waals surface area contributed by atoms with Crippen LogP contribution in [0.5, 0.6) is 0 Å². The lowest BCUT2D eigenvalue weighted by molar-refractivity contribution is 0.0950. The van der Waals surface area contributed by atoms with E-state index in [4.69, 9.17) is 4.98 Å². The molecule has 1 fully saturated rings. The third-order valence-corrected chi connectivity index (χ3v) is 8.28. The number of imidazole rings is 1. The summed E-state index contributed by atoms with van der Waals surface area (Å²) in [5, 5.41) is 6.34. The minimum Gasteiger partial charge on any atom is -0.352 e. The van der Waals surface area contributed by atoms with Gasteiger partial charge in [0.25, 0.3) is 5.91 Å². The lowest BCUT2D eigenvalue weighted by Gasteiger charge is -2.28. The van der Waals surface area contributed by atoms with Gasteiger partial charge in [-0.25, -0.2) is 13.8 Å². The van der Waals surface area contributed by atoms with E-state index in [-0.39, 0.29) is 36.5 Å². The molecule has 2 aliphatic rings. The van der Waals surface area contributed by atoms with E-state index < -0.39 is 6.17 Å². The normalized spacial score (nSPS) is 16.2. The quantitative estimate of drug-likeness (QED) is 0.299. The molecule has 11 heteroatoms. The summed E-state index contributed by atoms with van der Waals surface area (Å²) in [4.78, 5) is 20.4. The number of carbonyl (C=O) groups is 1. The van der Waals surface area contributed by atoms with Crippen LogP contribution in [0.3, 0.4) is 0 Å². The number of halogens is 4. The highest BCUT2D eigenvalue weighted by atomic mass is 35.5. The Labute approximate surface area is 236 Å². The number of alkyl halides is 1. The summed E-state index contributed by atoms with van der Waals surface area (Å²) in [5.41, 5.74) is 4.88.